The SMILES string of the molecule is Cc1cc(C(=O)CSc2ncccc2Cl)c(C)n1C. The molecule has 0 spiro atoms. The van der Waals surface area contributed by atoms with E-state index in [1.165, 1.54) is 11.8 Å². The Morgan fingerprint density at radius 1 is 1.47 bits per heavy atom. The summed E-state index contributed by atoms with van der Waals surface area (Å²) in [5.41, 5.74) is 2.86. The number of nitrogens with zero attached hydrogens (tertiary/aromatic N) is 2. The predicted molar refractivity (Wildman–Crippen MR) is 79.2 cm³/mol. The van der Waals surface area contributed by atoms with E-state index in [2.05, 4.69) is 4.98 Å². The van der Waals surface area contributed by atoms with Crippen LogP contribution in [0, 0.1) is 13.8 Å². The van der Waals surface area contributed by atoms with E-state index in [4.69, 9.17) is 11.6 Å². The molecule has 0 amide bonds. The largest absolute Gasteiger partial charge is 0.351 e. The zero-order valence-corrected chi connectivity index (χ0v) is 12.7. The van der Waals surface area contributed by atoms with Gasteiger partial charge in [-0.25, -0.2) is 4.98 Å². The lowest BCUT2D eigenvalue weighted by atomic mass is 10.2. The monoisotopic (exact) mass is 294 g/mol. The van der Waals surface area contributed by atoms with E-state index < -0.39 is 0 Å². The number of thioether (sulfide) groups is 1. The number of pyridine rings is 1. The molecule has 5 heteroatoms. The Labute approximate surface area is 122 Å². The second-order valence-corrected chi connectivity index (χ2v) is 5.72. The summed E-state index contributed by atoms with van der Waals surface area (Å²) >= 11 is 7.39. The Kier molecular flexibility index (Phi) is 4.32. The van der Waals surface area contributed by atoms with Gasteiger partial charge in [-0.05, 0) is 32.0 Å². The Morgan fingerprint density at radius 3 is 2.79 bits per heavy atom. The van der Waals surface area contributed by atoms with Gasteiger partial charge in [-0.2, -0.15) is 0 Å². The van der Waals surface area contributed by atoms with Gasteiger partial charge in [0.15, 0.2) is 5.78 Å². The van der Waals surface area contributed by atoms with E-state index in [1.54, 1.807) is 18.3 Å². The van der Waals surface area contributed by atoms with E-state index in [-0.39, 0.29) is 5.78 Å². The van der Waals surface area contributed by atoms with Crippen molar-refractivity contribution in [2.75, 3.05) is 5.75 Å². The maximum absolute atomic E-state index is 12.2. The summed E-state index contributed by atoms with van der Waals surface area (Å²) in [5.74, 6) is 0.453. The van der Waals surface area contributed by atoms with E-state index in [1.807, 2.05) is 31.5 Å². The second kappa shape index (κ2) is 5.80. The lowest BCUT2D eigenvalue weighted by molar-refractivity contribution is 0.102. The van der Waals surface area contributed by atoms with Crippen LogP contribution in [0.1, 0.15) is 21.7 Å². The molecule has 2 aromatic rings. The van der Waals surface area contributed by atoms with Crippen LogP contribution < -0.4 is 0 Å². The maximum Gasteiger partial charge on any atom is 0.174 e. The summed E-state index contributed by atoms with van der Waals surface area (Å²) in [4.78, 5) is 16.4. The van der Waals surface area contributed by atoms with Crippen molar-refractivity contribution in [2.45, 2.75) is 18.9 Å². The molecule has 0 aromatic carbocycles. The number of Topliss-reactive ketones (excluding diaryl/α,β-unsaturated/α-hetero) is 1. The lowest BCUT2D eigenvalue weighted by Gasteiger charge is -2.03. The number of hydrogen-bond donors (Lipinski definition) is 0. The number of hydrogen-bond acceptors (Lipinski definition) is 3. The number of aryl methyl sites for hydroxylation is 1. The molecule has 2 aromatic heterocycles. The van der Waals surface area contributed by atoms with Gasteiger partial charge in [0.05, 0.1) is 10.8 Å². The number of rotatable bonds is 4. The van der Waals surface area contributed by atoms with E-state index in [0.717, 1.165) is 17.0 Å². The van der Waals surface area contributed by atoms with Crippen LogP contribution in [0.15, 0.2) is 29.4 Å². The molecule has 2 heterocycles. The van der Waals surface area contributed by atoms with Crippen LogP contribution in [0.2, 0.25) is 5.02 Å². The first-order valence-corrected chi connectivity index (χ1v) is 7.26. The third kappa shape index (κ3) is 3.01. The molecule has 0 saturated heterocycles. The van der Waals surface area contributed by atoms with Crippen LogP contribution in [0.3, 0.4) is 0 Å². The van der Waals surface area contributed by atoms with Crippen molar-refractivity contribution in [3.63, 3.8) is 0 Å². The highest BCUT2D eigenvalue weighted by molar-refractivity contribution is 8.00. The summed E-state index contributed by atoms with van der Waals surface area (Å²) in [5, 5.41) is 1.28. The Morgan fingerprint density at radius 2 is 2.21 bits per heavy atom. The topological polar surface area (TPSA) is 34.9 Å². The fraction of sp³-hybridized carbons (Fsp3) is 0.286. The quantitative estimate of drug-likeness (QED) is 0.637. The highest BCUT2D eigenvalue weighted by atomic mass is 35.5. The average Bonchev–Trinajstić information content (AvgIpc) is 2.65. The van der Waals surface area contributed by atoms with Crippen molar-refractivity contribution >= 4 is 29.1 Å². The number of halogens is 1. The van der Waals surface area contributed by atoms with Crippen LogP contribution in [-0.2, 0) is 7.05 Å². The molecule has 0 N–H and O–H groups in total. The Bertz CT molecular complexity index is 622. The molecule has 0 saturated carbocycles. The van der Waals surface area contributed by atoms with Crippen molar-refractivity contribution in [3.8, 4) is 0 Å². The average molecular weight is 295 g/mol. The van der Waals surface area contributed by atoms with Gasteiger partial charge >= 0.3 is 0 Å². The molecular formula is C14H15ClN2OS. The van der Waals surface area contributed by atoms with Crippen molar-refractivity contribution in [1.82, 2.24) is 9.55 Å². The molecular weight excluding hydrogens is 280 g/mol. The van der Waals surface area contributed by atoms with Gasteiger partial charge in [0.25, 0.3) is 0 Å². The highest BCUT2D eigenvalue weighted by Crippen LogP contribution is 2.25. The lowest BCUT2D eigenvalue weighted by Crippen LogP contribution is -2.04. The standard InChI is InChI=1S/C14H15ClN2OS/c1-9-7-11(10(2)17(9)3)13(18)8-19-14-12(15)5-4-6-16-14/h4-7H,8H2,1-3H3. The summed E-state index contributed by atoms with van der Waals surface area (Å²) in [6.07, 6.45) is 1.68. The zero-order chi connectivity index (χ0) is 14.0. The number of carbonyl (C=O) groups is 1. The Hall–Kier alpha value is -1.26. The van der Waals surface area contributed by atoms with Gasteiger partial charge < -0.3 is 4.57 Å². The first-order valence-electron chi connectivity index (χ1n) is 5.90. The van der Waals surface area contributed by atoms with Gasteiger partial charge in [0, 0.05) is 30.2 Å². The summed E-state index contributed by atoms with van der Waals surface area (Å²) < 4.78 is 2.02. The van der Waals surface area contributed by atoms with E-state index in [0.29, 0.717) is 15.8 Å². The van der Waals surface area contributed by atoms with Crippen molar-refractivity contribution in [3.05, 3.63) is 46.4 Å². The van der Waals surface area contributed by atoms with E-state index in [9.17, 15) is 4.79 Å². The predicted octanol–water partition coefficient (Wildman–Crippen LogP) is 3.67. The molecule has 0 bridgehead atoms. The van der Waals surface area contributed by atoms with Crippen LogP contribution in [0.25, 0.3) is 0 Å². The molecule has 0 aliphatic rings. The van der Waals surface area contributed by atoms with Gasteiger partial charge in [-0.3, -0.25) is 4.79 Å². The molecule has 0 aliphatic heterocycles. The first kappa shape index (κ1) is 14.2. The maximum atomic E-state index is 12.2. The Balaban J connectivity index is 2.10. The van der Waals surface area contributed by atoms with Gasteiger partial charge in [-0.15, -0.1) is 0 Å². The third-order valence-electron chi connectivity index (χ3n) is 3.14. The third-order valence-corrected chi connectivity index (χ3v) is 4.56. The molecule has 2 rings (SSSR count). The van der Waals surface area contributed by atoms with Crippen LogP contribution in [0.5, 0.6) is 0 Å². The number of ketones is 1. The summed E-state index contributed by atoms with van der Waals surface area (Å²) in [7, 11) is 1.96. The molecule has 19 heavy (non-hydrogen) atoms. The molecule has 0 fully saturated rings. The number of carbonyl (C=O) groups excluding carboxylic acids is 1. The highest BCUT2D eigenvalue weighted by Gasteiger charge is 2.15. The van der Waals surface area contributed by atoms with Crippen molar-refractivity contribution in [2.24, 2.45) is 7.05 Å². The van der Waals surface area contributed by atoms with E-state index >= 15 is 0 Å². The van der Waals surface area contributed by atoms with Gasteiger partial charge in [0.1, 0.15) is 5.03 Å². The van der Waals surface area contributed by atoms with Gasteiger partial charge in [0.2, 0.25) is 0 Å². The van der Waals surface area contributed by atoms with Crippen molar-refractivity contribution in [1.29, 1.82) is 0 Å². The van der Waals surface area contributed by atoms with Crippen LogP contribution in [0.4, 0.5) is 0 Å². The smallest absolute Gasteiger partial charge is 0.174 e. The van der Waals surface area contributed by atoms with Crippen molar-refractivity contribution < 1.29 is 4.79 Å². The second-order valence-electron chi connectivity index (χ2n) is 4.35. The fourth-order valence-corrected chi connectivity index (χ4v) is 2.88. The van der Waals surface area contributed by atoms with Crippen LogP contribution in [-0.4, -0.2) is 21.1 Å². The summed E-state index contributed by atoms with van der Waals surface area (Å²) in [6.45, 7) is 3.95. The molecule has 3 nitrogen and oxygen atoms in total. The first-order chi connectivity index (χ1) is 9.00. The van der Waals surface area contributed by atoms with Crippen LogP contribution >= 0.6 is 23.4 Å². The summed E-state index contributed by atoms with van der Waals surface area (Å²) in [6, 6.07) is 5.48. The zero-order valence-electron chi connectivity index (χ0n) is 11.1. The molecule has 0 aliphatic carbocycles. The molecule has 0 unspecified atom stereocenters. The van der Waals surface area contributed by atoms with Gasteiger partial charge in [-0.1, -0.05) is 23.4 Å². The fourth-order valence-electron chi connectivity index (χ4n) is 1.83. The minimum Gasteiger partial charge on any atom is -0.351 e. The molecule has 0 radical (unpaired) electrons. The normalized spacial score (nSPS) is 10.7. The number of aromatic nitrogens is 2. The minimum atomic E-state index is 0.105. The molecule has 0 atom stereocenters. The minimum absolute atomic E-state index is 0.105. The molecule has 100 valence electrons.